The lowest BCUT2D eigenvalue weighted by atomic mass is 9.83. The average Bonchev–Trinajstić information content (AvgIpc) is 2.49. The number of anilines is 1. The zero-order chi connectivity index (χ0) is 9.47. The van der Waals surface area contributed by atoms with E-state index in [0.717, 1.165) is 5.13 Å². The van der Waals surface area contributed by atoms with Crippen LogP contribution < -0.4 is 4.90 Å². The quantitative estimate of drug-likeness (QED) is 0.763. The van der Waals surface area contributed by atoms with Crippen LogP contribution in [0.2, 0.25) is 0 Å². The number of nitrogens with zero attached hydrogens (tertiary/aromatic N) is 3. The highest BCUT2D eigenvalue weighted by Gasteiger charge is 2.44. The van der Waals surface area contributed by atoms with Gasteiger partial charge in [-0.3, -0.25) is 0 Å². The summed E-state index contributed by atoms with van der Waals surface area (Å²) >= 11 is 1.37. The summed E-state index contributed by atoms with van der Waals surface area (Å²) in [4.78, 5) is 6.14. The van der Waals surface area contributed by atoms with E-state index in [-0.39, 0.29) is 0 Å². The van der Waals surface area contributed by atoms with Crippen molar-refractivity contribution in [2.45, 2.75) is 19.4 Å². The van der Waals surface area contributed by atoms with Gasteiger partial charge in [-0.2, -0.15) is 4.37 Å². The van der Waals surface area contributed by atoms with Crippen LogP contribution in [-0.2, 0) is 0 Å². The van der Waals surface area contributed by atoms with E-state index in [9.17, 15) is 5.11 Å². The second-order valence-electron chi connectivity index (χ2n) is 3.84. The van der Waals surface area contributed by atoms with Crippen molar-refractivity contribution in [1.29, 1.82) is 0 Å². The van der Waals surface area contributed by atoms with Gasteiger partial charge in [-0.05, 0) is 5.92 Å². The molecule has 2 heterocycles. The number of hydrogen-bond acceptors (Lipinski definition) is 5. The molecule has 0 saturated carbocycles. The summed E-state index contributed by atoms with van der Waals surface area (Å²) in [6.45, 7) is 5.44. The Balaban J connectivity index is 1.99. The first-order valence-electron chi connectivity index (χ1n) is 4.36. The van der Waals surface area contributed by atoms with E-state index in [2.05, 4.69) is 14.3 Å². The molecule has 0 atom stereocenters. The monoisotopic (exact) mass is 199 g/mol. The molecular formula is C8H13N3OS. The molecule has 0 unspecified atom stereocenters. The zero-order valence-corrected chi connectivity index (χ0v) is 8.58. The minimum absolute atomic E-state index is 0.302. The third kappa shape index (κ3) is 1.42. The summed E-state index contributed by atoms with van der Waals surface area (Å²) in [7, 11) is 0. The van der Waals surface area contributed by atoms with E-state index >= 15 is 0 Å². The van der Waals surface area contributed by atoms with Crippen LogP contribution in [-0.4, -0.2) is 33.2 Å². The summed E-state index contributed by atoms with van der Waals surface area (Å²) in [5.41, 5.74) is -0.522. The van der Waals surface area contributed by atoms with Crippen molar-refractivity contribution in [3.05, 3.63) is 6.33 Å². The third-order valence-corrected chi connectivity index (χ3v) is 3.35. The van der Waals surface area contributed by atoms with Crippen molar-refractivity contribution in [3.63, 3.8) is 0 Å². The van der Waals surface area contributed by atoms with Crippen molar-refractivity contribution >= 4 is 16.7 Å². The highest BCUT2D eigenvalue weighted by atomic mass is 32.1. The van der Waals surface area contributed by atoms with Gasteiger partial charge in [-0.1, -0.05) is 13.8 Å². The molecule has 4 nitrogen and oxygen atoms in total. The van der Waals surface area contributed by atoms with Crippen LogP contribution in [0.3, 0.4) is 0 Å². The third-order valence-electron chi connectivity index (χ3n) is 2.62. The standard InChI is InChI=1S/C8H13N3OS/c1-6(2)8(12)3-11(4-8)7-9-5-10-13-7/h5-6,12H,3-4H2,1-2H3. The van der Waals surface area contributed by atoms with E-state index in [1.165, 1.54) is 11.5 Å². The predicted octanol–water partition coefficient (Wildman–Crippen LogP) is 0.745. The van der Waals surface area contributed by atoms with Crippen LogP contribution in [0.15, 0.2) is 6.33 Å². The average molecular weight is 199 g/mol. The minimum Gasteiger partial charge on any atom is -0.386 e. The van der Waals surface area contributed by atoms with Gasteiger partial charge in [0.15, 0.2) is 0 Å². The van der Waals surface area contributed by atoms with Gasteiger partial charge in [0.05, 0.1) is 13.1 Å². The fraction of sp³-hybridized carbons (Fsp3) is 0.750. The predicted molar refractivity (Wildman–Crippen MR) is 51.9 cm³/mol. The van der Waals surface area contributed by atoms with E-state index in [4.69, 9.17) is 0 Å². The van der Waals surface area contributed by atoms with Gasteiger partial charge in [-0.25, -0.2) is 4.98 Å². The van der Waals surface area contributed by atoms with E-state index in [0.29, 0.717) is 19.0 Å². The van der Waals surface area contributed by atoms with Crippen molar-refractivity contribution in [3.8, 4) is 0 Å². The normalized spacial score (nSPS) is 20.5. The lowest BCUT2D eigenvalue weighted by Gasteiger charge is -2.48. The molecule has 0 bridgehead atoms. The number of hydrogen-bond donors (Lipinski definition) is 1. The molecule has 2 rings (SSSR count). The molecule has 1 aliphatic rings. The maximum absolute atomic E-state index is 9.97. The number of aromatic nitrogens is 2. The topological polar surface area (TPSA) is 49.2 Å². The SMILES string of the molecule is CC(C)C1(O)CN(c2ncns2)C1. The Hall–Kier alpha value is -0.680. The van der Waals surface area contributed by atoms with Crippen molar-refractivity contribution < 1.29 is 5.11 Å². The molecular weight excluding hydrogens is 186 g/mol. The van der Waals surface area contributed by atoms with Gasteiger partial charge < -0.3 is 10.0 Å². The van der Waals surface area contributed by atoms with E-state index in [1.807, 2.05) is 13.8 Å². The molecule has 1 aromatic heterocycles. The Morgan fingerprint density at radius 3 is 2.77 bits per heavy atom. The number of aliphatic hydroxyl groups is 1. The largest absolute Gasteiger partial charge is 0.386 e. The first-order chi connectivity index (χ1) is 6.12. The van der Waals surface area contributed by atoms with Gasteiger partial charge in [0, 0.05) is 11.5 Å². The fourth-order valence-corrected chi connectivity index (χ4v) is 1.95. The van der Waals surface area contributed by atoms with Crippen LogP contribution in [0.25, 0.3) is 0 Å². The van der Waals surface area contributed by atoms with Gasteiger partial charge in [0.1, 0.15) is 11.9 Å². The second-order valence-corrected chi connectivity index (χ2v) is 4.60. The molecule has 72 valence electrons. The molecule has 1 N–H and O–H groups in total. The zero-order valence-electron chi connectivity index (χ0n) is 7.77. The van der Waals surface area contributed by atoms with Crippen LogP contribution in [0.4, 0.5) is 5.13 Å². The first kappa shape index (κ1) is 8.90. The van der Waals surface area contributed by atoms with Crippen molar-refractivity contribution in [1.82, 2.24) is 9.36 Å². The molecule has 0 aromatic carbocycles. The summed E-state index contributed by atoms with van der Waals surface area (Å²) in [6.07, 6.45) is 1.55. The molecule has 0 amide bonds. The number of β-amino-alcohol motifs (C(OH)–C–C–N with tert-alkyl or cyclic N) is 1. The van der Waals surface area contributed by atoms with E-state index < -0.39 is 5.60 Å². The van der Waals surface area contributed by atoms with Crippen LogP contribution in [0, 0.1) is 5.92 Å². The number of rotatable bonds is 2. The lowest BCUT2D eigenvalue weighted by molar-refractivity contribution is -0.0300. The summed E-state index contributed by atoms with van der Waals surface area (Å²) in [6, 6.07) is 0. The maximum Gasteiger partial charge on any atom is 0.205 e. The van der Waals surface area contributed by atoms with Gasteiger partial charge in [0.25, 0.3) is 0 Å². The first-order valence-corrected chi connectivity index (χ1v) is 5.13. The summed E-state index contributed by atoms with van der Waals surface area (Å²) in [5.74, 6) is 0.302. The van der Waals surface area contributed by atoms with Crippen molar-refractivity contribution in [2.24, 2.45) is 5.92 Å². The fourth-order valence-electron chi connectivity index (χ4n) is 1.42. The Kier molecular flexibility index (Phi) is 2.00. The second kappa shape index (κ2) is 2.92. The van der Waals surface area contributed by atoms with Crippen LogP contribution >= 0.6 is 11.5 Å². The Bertz CT molecular complexity index is 280. The van der Waals surface area contributed by atoms with E-state index in [1.54, 1.807) is 6.33 Å². The maximum atomic E-state index is 9.97. The van der Waals surface area contributed by atoms with Gasteiger partial charge in [0.2, 0.25) is 5.13 Å². The molecule has 0 spiro atoms. The Morgan fingerprint density at radius 2 is 2.31 bits per heavy atom. The molecule has 1 fully saturated rings. The molecule has 1 aromatic rings. The molecule has 1 saturated heterocycles. The van der Waals surface area contributed by atoms with Gasteiger partial charge in [-0.15, -0.1) is 0 Å². The molecule has 0 radical (unpaired) electrons. The summed E-state index contributed by atoms with van der Waals surface area (Å²) < 4.78 is 3.92. The van der Waals surface area contributed by atoms with Crippen LogP contribution in [0.5, 0.6) is 0 Å². The lowest BCUT2D eigenvalue weighted by Crippen LogP contribution is -2.64. The highest BCUT2D eigenvalue weighted by molar-refractivity contribution is 7.09. The molecule has 1 aliphatic heterocycles. The molecule has 5 heteroatoms. The molecule has 0 aliphatic carbocycles. The highest BCUT2D eigenvalue weighted by Crippen LogP contribution is 2.32. The minimum atomic E-state index is -0.522. The van der Waals surface area contributed by atoms with Crippen molar-refractivity contribution in [2.75, 3.05) is 18.0 Å². The van der Waals surface area contributed by atoms with Gasteiger partial charge >= 0.3 is 0 Å². The van der Waals surface area contributed by atoms with Crippen LogP contribution in [0.1, 0.15) is 13.8 Å². The Morgan fingerprint density at radius 1 is 1.62 bits per heavy atom. The smallest absolute Gasteiger partial charge is 0.205 e. The summed E-state index contributed by atoms with van der Waals surface area (Å²) in [5, 5.41) is 10.9. The Labute approximate surface area is 81.4 Å². The molecule has 13 heavy (non-hydrogen) atoms.